The van der Waals surface area contributed by atoms with Crippen molar-refractivity contribution in [3.05, 3.63) is 78.0 Å². The lowest BCUT2D eigenvalue weighted by molar-refractivity contribution is 0.0991. The Hall–Kier alpha value is -3.78. The molecule has 1 saturated heterocycles. The maximum atomic E-state index is 13.2. The van der Waals surface area contributed by atoms with E-state index in [4.69, 9.17) is 4.98 Å². The summed E-state index contributed by atoms with van der Waals surface area (Å²) in [5, 5.41) is 12.9. The number of anilines is 1. The number of likely N-dealkylation sites (tertiary alicyclic amines) is 1. The van der Waals surface area contributed by atoms with Gasteiger partial charge in [0.25, 0.3) is 0 Å². The fourth-order valence-corrected chi connectivity index (χ4v) is 4.58. The van der Waals surface area contributed by atoms with E-state index >= 15 is 0 Å². The van der Waals surface area contributed by atoms with Crippen LogP contribution in [-0.4, -0.2) is 56.0 Å². The molecular formula is C28H29FN6O. The first-order chi connectivity index (χ1) is 17.4. The van der Waals surface area contributed by atoms with Crippen LogP contribution in [0.15, 0.2) is 60.9 Å². The number of benzene rings is 2. The number of hydrogen-bond acceptors (Lipinski definition) is 7. The van der Waals surface area contributed by atoms with Gasteiger partial charge < -0.3 is 10.2 Å². The molecule has 2 aromatic carbocycles. The van der Waals surface area contributed by atoms with Crippen molar-refractivity contribution in [2.45, 2.75) is 45.2 Å². The summed E-state index contributed by atoms with van der Waals surface area (Å²) < 4.78 is 13.2. The second-order valence-electron chi connectivity index (χ2n) is 9.55. The molecule has 1 fully saturated rings. The molecule has 36 heavy (non-hydrogen) atoms. The van der Waals surface area contributed by atoms with Crippen LogP contribution in [0, 0.1) is 5.82 Å². The number of rotatable bonds is 7. The summed E-state index contributed by atoms with van der Waals surface area (Å²) in [6.07, 6.45) is 5.77. The van der Waals surface area contributed by atoms with Gasteiger partial charge in [-0.05, 0) is 69.2 Å². The molecular weight excluding hydrogens is 455 g/mol. The van der Waals surface area contributed by atoms with Gasteiger partial charge in [-0.25, -0.2) is 9.37 Å². The number of carbonyl (C=O) groups excluding carboxylic acids is 1. The van der Waals surface area contributed by atoms with Crippen molar-refractivity contribution in [2.24, 2.45) is 0 Å². The summed E-state index contributed by atoms with van der Waals surface area (Å²) in [5.74, 6) is 0.265. The first kappa shape index (κ1) is 23.9. The lowest BCUT2D eigenvalue weighted by Gasteiger charge is -2.35. The largest absolute Gasteiger partial charge is 0.366 e. The van der Waals surface area contributed by atoms with Gasteiger partial charge in [0.05, 0.1) is 35.7 Å². The van der Waals surface area contributed by atoms with Crippen molar-refractivity contribution in [3.8, 4) is 11.3 Å². The fraction of sp³-hybridized carbons (Fsp3) is 0.321. The number of aromatic nitrogens is 4. The molecule has 0 atom stereocenters. The van der Waals surface area contributed by atoms with Gasteiger partial charge in [0, 0.05) is 41.7 Å². The molecule has 8 heteroatoms. The molecule has 7 nitrogen and oxygen atoms in total. The molecule has 2 aromatic heterocycles. The van der Waals surface area contributed by atoms with E-state index < -0.39 is 0 Å². The lowest BCUT2D eigenvalue weighted by Crippen LogP contribution is -2.42. The molecule has 0 amide bonds. The SMILES string of the molecule is CC(C)N1CCC(Nc2cncc(-c3ccc4nnc(CC(=O)c5ccc(F)cc5)cc4c3)n2)CC1. The van der Waals surface area contributed by atoms with Crippen LogP contribution in [-0.2, 0) is 6.42 Å². The zero-order valence-electron chi connectivity index (χ0n) is 20.5. The second-order valence-corrected chi connectivity index (χ2v) is 9.55. The third-order valence-corrected chi connectivity index (χ3v) is 6.69. The van der Waals surface area contributed by atoms with Crippen molar-refractivity contribution in [1.82, 2.24) is 25.1 Å². The van der Waals surface area contributed by atoms with Crippen molar-refractivity contribution in [2.75, 3.05) is 18.4 Å². The molecule has 0 unspecified atom stereocenters. The predicted octanol–water partition coefficient (Wildman–Crippen LogP) is 4.94. The quantitative estimate of drug-likeness (QED) is 0.372. The van der Waals surface area contributed by atoms with Crippen molar-refractivity contribution in [1.29, 1.82) is 0 Å². The Bertz CT molecular complexity index is 1370. The van der Waals surface area contributed by atoms with Gasteiger partial charge in [0.15, 0.2) is 5.78 Å². The van der Waals surface area contributed by atoms with Crippen LogP contribution in [0.3, 0.4) is 0 Å². The Labute approximate surface area is 209 Å². The maximum absolute atomic E-state index is 13.2. The molecule has 0 bridgehead atoms. The minimum atomic E-state index is -0.372. The van der Waals surface area contributed by atoms with E-state index in [0.29, 0.717) is 23.3 Å². The summed E-state index contributed by atoms with van der Waals surface area (Å²) in [7, 11) is 0. The van der Waals surface area contributed by atoms with Crippen molar-refractivity contribution in [3.63, 3.8) is 0 Å². The first-order valence-corrected chi connectivity index (χ1v) is 12.3. The smallest absolute Gasteiger partial charge is 0.168 e. The average Bonchev–Trinajstić information content (AvgIpc) is 2.89. The van der Waals surface area contributed by atoms with Gasteiger partial charge in [0.1, 0.15) is 11.6 Å². The number of hydrogen-bond donors (Lipinski definition) is 1. The third-order valence-electron chi connectivity index (χ3n) is 6.69. The van der Waals surface area contributed by atoms with E-state index in [1.165, 1.54) is 24.3 Å². The number of ketones is 1. The van der Waals surface area contributed by atoms with Gasteiger partial charge in [-0.15, -0.1) is 0 Å². The van der Waals surface area contributed by atoms with E-state index in [2.05, 4.69) is 39.2 Å². The van der Waals surface area contributed by atoms with Crippen molar-refractivity contribution >= 4 is 22.5 Å². The standard InChI is InChI=1S/C28H29FN6O/c1-18(2)35-11-9-23(10-12-35)31-28-17-30-16-26(32-28)20-5-8-25-21(13-20)14-24(33-34-25)15-27(36)19-3-6-22(29)7-4-19/h3-8,13-14,16-18,23H,9-12,15H2,1-2H3,(H,31,32). The highest BCUT2D eigenvalue weighted by molar-refractivity contribution is 5.97. The maximum Gasteiger partial charge on any atom is 0.168 e. The Morgan fingerprint density at radius 3 is 2.58 bits per heavy atom. The Kier molecular flexibility index (Phi) is 6.95. The van der Waals surface area contributed by atoms with Gasteiger partial charge in [-0.1, -0.05) is 6.07 Å². The van der Waals surface area contributed by atoms with E-state index in [0.717, 1.165) is 53.9 Å². The number of carbonyl (C=O) groups is 1. The number of fused-ring (bicyclic) bond motifs is 1. The normalized spacial score (nSPS) is 14.9. The number of nitrogens with one attached hydrogen (secondary N) is 1. The number of piperidine rings is 1. The molecule has 1 aliphatic rings. The fourth-order valence-electron chi connectivity index (χ4n) is 4.58. The van der Waals surface area contributed by atoms with E-state index in [1.807, 2.05) is 24.3 Å². The number of halogens is 1. The second kappa shape index (κ2) is 10.5. The van der Waals surface area contributed by atoms with Gasteiger partial charge in [-0.2, -0.15) is 10.2 Å². The first-order valence-electron chi connectivity index (χ1n) is 12.3. The molecule has 1 aliphatic heterocycles. The van der Waals surface area contributed by atoms with Crippen LogP contribution in [0.25, 0.3) is 22.2 Å². The molecule has 1 N–H and O–H groups in total. The van der Waals surface area contributed by atoms with Crippen LogP contribution in [0.4, 0.5) is 10.2 Å². The molecule has 0 radical (unpaired) electrons. The van der Waals surface area contributed by atoms with Crippen LogP contribution in [0.5, 0.6) is 0 Å². The van der Waals surface area contributed by atoms with Gasteiger partial charge in [0.2, 0.25) is 0 Å². The van der Waals surface area contributed by atoms with Crippen LogP contribution >= 0.6 is 0 Å². The van der Waals surface area contributed by atoms with E-state index in [-0.39, 0.29) is 18.0 Å². The lowest BCUT2D eigenvalue weighted by atomic mass is 10.0. The minimum Gasteiger partial charge on any atom is -0.366 e. The molecule has 0 saturated carbocycles. The van der Waals surface area contributed by atoms with Crippen LogP contribution in [0.1, 0.15) is 42.7 Å². The summed E-state index contributed by atoms with van der Waals surface area (Å²) in [5.41, 5.74) is 3.42. The highest BCUT2D eigenvalue weighted by Gasteiger charge is 2.21. The van der Waals surface area contributed by atoms with Crippen LogP contribution < -0.4 is 5.32 Å². The van der Waals surface area contributed by atoms with Crippen LogP contribution in [0.2, 0.25) is 0 Å². The highest BCUT2D eigenvalue weighted by Crippen LogP contribution is 2.24. The average molecular weight is 485 g/mol. The minimum absolute atomic E-state index is 0.0909. The Balaban J connectivity index is 1.31. The van der Waals surface area contributed by atoms with E-state index in [1.54, 1.807) is 12.4 Å². The van der Waals surface area contributed by atoms with Gasteiger partial charge in [-0.3, -0.25) is 9.78 Å². The van der Waals surface area contributed by atoms with E-state index in [9.17, 15) is 9.18 Å². The van der Waals surface area contributed by atoms with Crippen molar-refractivity contribution < 1.29 is 9.18 Å². The topological polar surface area (TPSA) is 83.9 Å². The number of nitrogens with zero attached hydrogens (tertiary/aromatic N) is 5. The summed E-state index contributed by atoms with van der Waals surface area (Å²) in [6.45, 7) is 6.65. The Morgan fingerprint density at radius 2 is 1.83 bits per heavy atom. The summed E-state index contributed by atoms with van der Waals surface area (Å²) in [4.78, 5) is 24.3. The number of Topliss-reactive ketones (excluding diaryl/α,β-unsaturated/α-hetero) is 1. The molecule has 4 aromatic rings. The third kappa shape index (κ3) is 5.54. The molecule has 5 rings (SSSR count). The Morgan fingerprint density at radius 1 is 1.06 bits per heavy atom. The van der Waals surface area contributed by atoms with Gasteiger partial charge >= 0.3 is 0 Å². The highest BCUT2D eigenvalue weighted by atomic mass is 19.1. The summed E-state index contributed by atoms with van der Waals surface area (Å²) in [6, 6.07) is 14.2. The summed E-state index contributed by atoms with van der Waals surface area (Å²) >= 11 is 0. The predicted molar refractivity (Wildman–Crippen MR) is 138 cm³/mol. The molecule has 0 spiro atoms. The molecule has 184 valence electrons. The zero-order valence-corrected chi connectivity index (χ0v) is 20.5. The zero-order chi connectivity index (χ0) is 25.1. The molecule has 3 heterocycles. The monoisotopic (exact) mass is 484 g/mol. The molecule has 0 aliphatic carbocycles.